The lowest BCUT2D eigenvalue weighted by Gasteiger charge is -2.43. The molecule has 0 heterocycles. The van der Waals surface area contributed by atoms with E-state index < -0.39 is 53.6 Å². The average molecular weight is 335 g/mol. The summed E-state index contributed by atoms with van der Waals surface area (Å²) < 4.78 is 64.2. The smallest absolute Gasteiger partial charge is 0.380 e. The molecule has 0 spiro atoms. The van der Waals surface area contributed by atoms with Crippen molar-refractivity contribution in [1.29, 1.82) is 0 Å². The Morgan fingerprint density at radius 1 is 1.13 bits per heavy atom. The minimum Gasteiger partial charge on any atom is -0.380 e. The van der Waals surface area contributed by atoms with Crippen LogP contribution in [0.5, 0.6) is 0 Å². The molecule has 1 aromatic rings. The van der Waals surface area contributed by atoms with Gasteiger partial charge in [0.25, 0.3) is 0 Å². The third-order valence-electron chi connectivity index (χ3n) is 4.59. The summed E-state index contributed by atoms with van der Waals surface area (Å²) in [5.41, 5.74) is -3.49. The van der Waals surface area contributed by atoms with Crippen molar-refractivity contribution in [2.45, 2.75) is 43.0 Å². The normalized spacial score (nSPS) is 28.9. The van der Waals surface area contributed by atoms with Gasteiger partial charge < -0.3 is 10.4 Å². The minimum atomic E-state index is -4.77. The van der Waals surface area contributed by atoms with Gasteiger partial charge in [-0.05, 0) is 43.4 Å². The van der Waals surface area contributed by atoms with Crippen LogP contribution in [0.25, 0.3) is 0 Å². The number of aliphatic hydroxyl groups is 1. The summed E-state index contributed by atoms with van der Waals surface area (Å²) in [6, 6.07) is 2.91. The molecule has 3 rings (SSSR count). The summed E-state index contributed by atoms with van der Waals surface area (Å²) in [4.78, 5) is 12.1. The molecule has 2 N–H and O–H groups in total. The molecular weight excluding hydrogens is 321 g/mol. The van der Waals surface area contributed by atoms with Gasteiger partial charge in [0.2, 0.25) is 5.91 Å². The molecule has 0 atom stereocenters. The molecule has 2 fully saturated rings. The van der Waals surface area contributed by atoms with Crippen molar-refractivity contribution >= 4 is 5.91 Å². The van der Waals surface area contributed by atoms with E-state index in [2.05, 4.69) is 5.32 Å². The Kier molecular flexibility index (Phi) is 3.44. The van der Waals surface area contributed by atoms with Crippen molar-refractivity contribution in [2.24, 2.45) is 5.92 Å². The number of carbonyl (C=O) groups excluding carboxylic acids is 1. The van der Waals surface area contributed by atoms with Crippen molar-refractivity contribution in [1.82, 2.24) is 5.32 Å². The first kappa shape index (κ1) is 16.2. The van der Waals surface area contributed by atoms with Gasteiger partial charge in [0.15, 0.2) is 5.60 Å². The molecular formula is C15H14F5NO2. The summed E-state index contributed by atoms with van der Waals surface area (Å²) in [5.74, 6) is -3.16. The number of rotatable bonds is 3. The van der Waals surface area contributed by atoms with E-state index >= 15 is 0 Å². The molecule has 0 radical (unpaired) electrons. The number of hydrogen-bond donors (Lipinski definition) is 2. The van der Waals surface area contributed by atoms with Crippen LogP contribution in [0.1, 0.15) is 31.2 Å². The van der Waals surface area contributed by atoms with E-state index in [4.69, 9.17) is 0 Å². The monoisotopic (exact) mass is 335 g/mol. The predicted molar refractivity (Wildman–Crippen MR) is 69.1 cm³/mol. The third kappa shape index (κ3) is 2.80. The number of alkyl halides is 3. The quantitative estimate of drug-likeness (QED) is 0.835. The lowest BCUT2D eigenvalue weighted by Crippen LogP contribution is -2.59. The standard InChI is InChI=1S/C15H14F5NO2/c16-10-3-9(4-11(17)5-10)13(1-2-13)21-12(22)8-6-14(23,7-8)15(18,19)20/h3-5,8,23H,1-2,6-7H2,(H,21,22). The van der Waals surface area contributed by atoms with Crippen molar-refractivity contribution in [2.75, 3.05) is 0 Å². The molecule has 3 nitrogen and oxygen atoms in total. The third-order valence-corrected chi connectivity index (χ3v) is 4.59. The molecule has 0 aromatic heterocycles. The maximum absolute atomic E-state index is 13.3. The van der Waals surface area contributed by atoms with Gasteiger partial charge in [-0.25, -0.2) is 8.78 Å². The Bertz CT molecular complexity index is 628. The predicted octanol–water partition coefficient (Wildman–Crippen LogP) is 2.77. The number of amides is 1. The Balaban J connectivity index is 1.67. The summed E-state index contributed by atoms with van der Waals surface area (Å²) in [5, 5.41) is 11.9. The Morgan fingerprint density at radius 2 is 1.65 bits per heavy atom. The van der Waals surface area contributed by atoms with Crippen LogP contribution >= 0.6 is 0 Å². The highest BCUT2D eigenvalue weighted by atomic mass is 19.4. The molecule has 1 aromatic carbocycles. The van der Waals surface area contributed by atoms with Gasteiger partial charge in [0.05, 0.1) is 5.54 Å². The largest absolute Gasteiger partial charge is 0.417 e. The van der Waals surface area contributed by atoms with Crippen molar-refractivity contribution in [3.05, 3.63) is 35.4 Å². The maximum Gasteiger partial charge on any atom is 0.417 e. The van der Waals surface area contributed by atoms with Crippen molar-refractivity contribution in [3.63, 3.8) is 0 Å². The first-order valence-corrected chi connectivity index (χ1v) is 7.12. The topological polar surface area (TPSA) is 49.3 Å². The van der Waals surface area contributed by atoms with Gasteiger partial charge >= 0.3 is 6.18 Å². The van der Waals surface area contributed by atoms with Crippen LogP contribution < -0.4 is 5.32 Å². The van der Waals surface area contributed by atoms with Gasteiger partial charge in [0.1, 0.15) is 11.6 Å². The lowest BCUT2D eigenvalue weighted by molar-refractivity contribution is -0.296. The second-order valence-corrected chi connectivity index (χ2v) is 6.36. The molecule has 2 aliphatic carbocycles. The molecule has 0 unspecified atom stereocenters. The molecule has 8 heteroatoms. The number of nitrogens with one attached hydrogen (secondary N) is 1. The molecule has 0 bridgehead atoms. The fourth-order valence-electron chi connectivity index (χ4n) is 2.95. The van der Waals surface area contributed by atoms with Gasteiger partial charge in [-0.15, -0.1) is 0 Å². The molecule has 2 aliphatic rings. The van der Waals surface area contributed by atoms with Gasteiger partial charge in [-0.1, -0.05) is 0 Å². The maximum atomic E-state index is 13.3. The number of halogens is 5. The van der Waals surface area contributed by atoms with E-state index in [1.807, 2.05) is 0 Å². The van der Waals surface area contributed by atoms with Crippen LogP contribution in [0.3, 0.4) is 0 Å². The van der Waals surface area contributed by atoms with Crippen LogP contribution in [0, 0.1) is 17.6 Å². The number of carbonyl (C=O) groups is 1. The second kappa shape index (κ2) is 4.90. The van der Waals surface area contributed by atoms with E-state index in [1.165, 1.54) is 0 Å². The van der Waals surface area contributed by atoms with Crippen LogP contribution in [-0.4, -0.2) is 22.8 Å². The first-order chi connectivity index (χ1) is 10.5. The van der Waals surface area contributed by atoms with E-state index in [9.17, 15) is 31.9 Å². The highest BCUT2D eigenvalue weighted by molar-refractivity contribution is 5.81. The van der Waals surface area contributed by atoms with E-state index in [0.29, 0.717) is 18.9 Å². The molecule has 23 heavy (non-hydrogen) atoms. The number of benzene rings is 1. The summed E-state index contributed by atoms with van der Waals surface area (Å²) in [7, 11) is 0. The zero-order valence-electron chi connectivity index (χ0n) is 11.9. The van der Waals surface area contributed by atoms with Crippen LogP contribution in [-0.2, 0) is 10.3 Å². The number of hydrogen-bond acceptors (Lipinski definition) is 2. The van der Waals surface area contributed by atoms with Crippen molar-refractivity contribution in [3.8, 4) is 0 Å². The van der Waals surface area contributed by atoms with Crippen molar-refractivity contribution < 1.29 is 31.9 Å². The Labute approximate surface area is 128 Å². The van der Waals surface area contributed by atoms with Crippen LogP contribution in [0.2, 0.25) is 0 Å². The van der Waals surface area contributed by atoms with Crippen LogP contribution in [0.15, 0.2) is 18.2 Å². The SMILES string of the molecule is O=C(NC1(c2cc(F)cc(F)c2)CC1)C1CC(O)(C(F)(F)F)C1. The molecule has 0 aliphatic heterocycles. The van der Waals surface area contributed by atoms with E-state index in [1.54, 1.807) is 0 Å². The van der Waals surface area contributed by atoms with Gasteiger partial charge in [-0.2, -0.15) is 13.2 Å². The fourth-order valence-corrected chi connectivity index (χ4v) is 2.95. The molecule has 1 amide bonds. The van der Waals surface area contributed by atoms with E-state index in [0.717, 1.165) is 12.1 Å². The van der Waals surface area contributed by atoms with Gasteiger partial charge in [-0.3, -0.25) is 4.79 Å². The lowest BCUT2D eigenvalue weighted by atomic mass is 9.70. The zero-order valence-corrected chi connectivity index (χ0v) is 11.9. The van der Waals surface area contributed by atoms with E-state index in [-0.39, 0.29) is 5.56 Å². The molecule has 126 valence electrons. The summed E-state index contributed by atoms with van der Waals surface area (Å²) in [6.45, 7) is 0. The Morgan fingerprint density at radius 3 is 2.09 bits per heavy atom. The van der Waals surface area contributed by atoms with Crippen LogP contribution in [0.4, 0.5) is 22.0 Å². The average Bonchev–Trinajstić information content (AvgIpc) is 3.13. The highest BCUT2D eigenvalue weighted by Gasteiger charge is 2.63. The fraction of sp³-hybridized carbons (Fsp3) is 0.533. The Hall–Kier alpha value is -1.70. The first-order valence-electron chi connectivity index (χ1n) is 7.12. The highest BCUT2D eigenvalue weighted by Crippen LogP contribution is 2.50. The summed E-state index contributed by atoms with van der Waals surface area (Å²) >= 11 is 0. The molecule has 2 saturated carbocycles. The molecule has 0 saturated heterocycles. The zero-order chi connectivity index (χ0) is 17.0. The van der Waals surface area contributed by atoms with Gasteiger partial charge in [0, 0.05) is 12.0 Å². The summed E-state index contributed by atoms with van der Waals surface area (Å²) in [6.07, 6.45) is -5.26. The minimum absolute atomic E-state index is 0.258. The second-order valence-electron chi connectivity index (χ2n) is 6.36.